The number of hydrogen-bond donors (Lipinski definition) is 2. The van der Waals surface area contributed by atoms with Gasteiger partial charge in [-0.3, -0.25) is 0 Å². The van der Waals surface area contributed by atoms with Gasteiger partial charge in [-0.05, 0) is 96.6 Å². The van der Waals surface area contributed by atoms with Crippen LogP contribution in [0, 0.1) is 10.8 Å². The van der Waals surface area contributed by atoms with Crippen molar-refractivity contribution < 1.29 is 10.2 Å². The normalized spacial score (nSPS) is 25.4. The molecule has 0 heterocycles. The van der Waals surface area contributed by atoms with Crippen LogP contribution in [-0.4, -0.2) is 23.4 Å². The van der Waals surface area contributed by atoms with Crippen LogP contribution in [0.3, 0.4) is 0 Å². The summed E-state index contributed by atoms with van der Waals surface area (Å²) in [7, 11) is 0. The molecule has 2 aromatic carbocycles. The predicted molar refractivity (Wildman–Crippen MR) is 162 cm³/mol. The minimum absolute atomic E-state index is 0.00613. The monoisotopic (exact) mass is 520 g/mol. The zero-order valence-corrected chi connectivity index (χ0v) is 23.4. The molecule has 0 spiro atoms. The van der Waals surface area contributed by atoms with Crippen molar-refractivity contribution in [1.82, 2.24) is 0 Å². The van der Waals surface area contributed by atoms with Gasteiger partial charge < -0.3 is 10.2 Å². The van der Waals surface area contributed by atoms with E-state index in [9.17, 15) is 10.2 Å². The van der Waals surface area contributed by atoms with Crippen LogP contribution >= 0.6 is 0 Å². The first-order valence-corrected chi connectivity index (χ1v) is 15.3. The molecule has 2 N–H and O–H groups in total. The Hall–Kier alpha value is -2.68. The van der Waals surface area contributed by atoms with E-state index < -0.39 is 0 Å². The second-order valence-electron chi connectivity index (χ2n) is 12.3. The Morgan fingerprint density at radius 3 is 2.10 bits per heavy atom. The van der Waals surface area contributed by atoms with E-state index in [0.717, 1.165) is 44.9 Å². The van der Waals surface area contributed by atoms with Gasteiger partial charge in [-0.25, -0.2) is 0 Å². The summed E-state index contributed by atoms with van der Waals surface area (Å²) < 4.78 is 0. The number of hydrogen-bond acceptors (Lipinski definition) is 2. The molecule has 0 aromatic heterocycles. The number of benzene rings is 2. The molecular formula is C37H44O2. The van der Waals surface area contributed by atoms with Crippen LogP contribution in [0.4, 0.5) is 0 Å². The molecule has 0 amide bonds. The molecule has 6 rings (SSSR count). The molecule has 0 bridgehead atoms. The van der Waals surface area contributed by atoms with Gasteiger partial charge in [0.1, 0.15) is 0 Å². The van der Waals surface area contributed by atoms with Crippen LogP contribution in [0.1, 0.15) is 88.2 Å². The molecule has 1 atom stereocenters. The minimum Gasteiger partial charge on any atom is -0.396 e. The number of aliphatic hydroxyl groups is 2. The van der Waals surface area contributed by atoms with Crippen LogP contribution in [0.15, 0.2) is 96.1 Å². The van der Waals surface area contributed by atoms with E-state index in [2.05, 4.69) is 73.3 Å². The summed E-state index contributed by atoms with van der Waals surface area (Å²) >= 11 is 0. The predicted octanol–water partition coefficient (Wildman–Crippen LogP) is 8.60. The highest BCUT2D eigenvalue weighted by Crippen LogP contribution is 2.75. The molecule has 2 aromatic rings. The second kappa shape index (κ2) is 10.7. The third-order valence-electron chi connectivity index (χ3n) is 10.9. The molecule has 204 valence electrons. The Morgan fingerprint density at radius 1 is 0.821 bits per heavy atom. The average molecular weight is 521 g/mol. The lowest BCUT2D eigenvalue weighted by Gasteiger charge is -2.63. The highest BCUT2D eigenvalue weighted by molar-refractivity contribution is 5.82. The van der Waals surface area contributed by atoms with Crippen molar-refractivity contribution in [2.24, 2.45) is 10.8 Å². The van der Waals surface area contributed by atoms with Gasteiger partial charge in [-0.1, -0.05) is 104 Å². The molecule has 2 heteroatoms. The first-order chi connectivity index (χ1) is 19.2. The van der Waals surface area contributed by atoms with Crippen molar-refractivity contribution in [3.05, 3.63) is 107 Å². The minimum atomic E-state index is -0.179. The second-order valence-corrected chi connectivity index (χ2v) is 12.3. The summed E-state index contributed by atoms with van der Waals surface area (Å²) in [5.74, 6) is 0. The van der Waals surface area contributed by atoms with E-state index in [-0.39, 0.29) is 29.5 Å². The fourth-order valence-corrected chi connectivity index (χ4v) is 9.76. The van der Waals surface area contributed by atoms with Gasteiger partial charge in [0.2, 0.25) is 0 Å². The number of allylic oxidation sites excluding steroid dienone is 7. The van der Waals surface area contributed by atoms with Gasteiger partial charge in [0, 0.05) is 24.0 Å². The molecular weight excluding hydrogens is 476 g/mol. The summed E-state index contributed by atoms with van der Waals surface area (Å²) in [6, 6.07) is 18.3. The molecule has 4 aliphatic carbocycles. The molecule has 4 aliphatic rings. The lowest BCUT2D eigenvalue weighted by molar-refractivity contribution is -0.0490. The Bertz CT molecular complexity index is 1270. The van der Waals surface area contributed by atoms with Gasteiger partial charge in [-0.2, -0.15) is 0 Å². The lowest BCUT2D eigenvalue weighted by atomic mass is 9.40. The van der Waals surface area contributed by atoms with E-state index in [0.29, 0.717) is 0 Å². The summed E-state index contributed by atoms with van der Waals surface area (Å²) in [4.78, 5) is 0. The van der Waals surface area contributed by atoms with Gasteiger partial charge in [0.25, 0.3) is 0 Å². The van der Waals surface area contributed by atoms with Crippen molar-refractivity contribution in [2.75, 3.05) is 13.2 Å². The zero-order chi connectivity index (χ0) is 26.9. The summed E-state index contributed by atoms with van der Waals surface area (Å²) in [5.41, 5.74) is 9.99. The van der Waals surface area contributed by atoms with Gasteiger partial charge in [0.05, 0.1) is 0 Å². The van der Waals surface area contributed by atoms with Crippen LogP contribution in [-0.2, 0) is 5.41 Å². The third kappa shape index (κ3) is 3.75. The van der Waals surface area contributed by atoms with Crippen molar-refractivity contribution in [3.63, 3.8) is 0 Å². The Kier molecular flexibility index (Phi) is 7.29. The zero-order valence-electron chi connectivity index (χ0n) is 23.4. The molecule has 1 saturated carbocycles. The van der Waals surface area contributed by atoms with Crippen molar-refractivity contribution in [1.29, 1.82) is 0 Å². The van der Waals surface area contributed by atoms with E-state index in [4.69, 9.17) is 0 Å². The smallest absolute Gasteiger partial charge is 0.0431 e. The Morgan fingerprint density at radius 2 is 1.46 bits per heavy atom. The maximum atomic E-state index is 10.3. The van der Waals surface area contributed by atoms with Crippen molar-refractivity contribution in [2.45, 2.75) is 82.5 Å². The van der Waals surface area contributed by atoms with Crippen molar-refractivity contribution >= 4 is 0 Å². The molecule has 0 aliphatic heterocycles. The summed E-state index contributed by atoms with van der Waals surface area (Å²) in [6.45, 7) is 4.54. The maximum absolute atomic E-state index is 10.3. The van der Waals surface area contributed by atoms with Crippen molar-refractivity contribution in [3.8, 4) is 11.1 Å². The number of aliphatic hydroxyl groups excluding tert-OH is 2. The first-order valence-electron chi connectivity index (χ1n) is 15.3. The standard InChI is InChI=1S/C37H44O2/c1-2-14-28-27-35(21-12-25-38,32-18-7-4-15-29(28)32)36(22-10-3-11-23-36)37(24-13-26-39)33-19-8-5-16-30(33)31-17-6-9-20-34(31)37/h2,4-6,8-9,14-17,19-20,38-39H,1,3,7,10-13,18,21-27H2/b28-14+. The molecule has 39 heavy (non-hydrogen) atoms. The van der Waals surface area contributed by atoms with E-state index in [1.54, 1.807) is 5.57 Å². The largest absolute Gasteiger partial charge is 0.396 e. The Labute approximate surface area is 234 Å². The van der Waals surface area contributed by atoms with Crippen LogP contribution < -0.4 is 0 Å². The first kappa shape index (κ1) is 26.5. The van der Waals surface area contributed by atoms with E-state index >= 15 is 0 Å². The van der Waals surface area contributed by atoms with Crippen LogP contribution in [0.2, 0.25) is 0 Å². The maximum Gasteiger partial charge on any atom is 0.0431 e. The lowest BCUT2D eigenvalue weighted by Crippen LogP contribution is -2.57. The topological polar surface area (TPSA) is 40.5 Å². The molecule has 0 saturated heterocycles. The summed E-state index contributed by atoms with van der Waals surface area (Å²) in [6.07, 6.45) is 21.9. The summed E-state index contributed by atoms with van der Waals surface area (Å²) in [5, 5.41) is 20.6. The SMILES string of the molecule is C=C/C=C1\CC(CCCO)(C2(C3(CCCO)c4ccccc4-c4ccccc43)CCCCC2)C2=C1C=CCC2. The highest BCUT2D eigenvalue weighted by Gasteiger charge is 2.67. The van der Waals surface area contributed by atoms with E-state index in [1.807, 2.05) is 6.08 Å². The molecule has 0 radical (unpaired) electrons. The van der Waals surface area contributed by atoms with Gasteiger partial charge >= 0.3 is 0 Å². The highest BCUT2D eigenvalue weighted by atomic mass is 16.3. The fourth-order valence-electron chi connectivity index (χ4n) is 9.76. The third-order valence-corrected chi connectivity index (χ3v) is 10.9. The molecule has 2 nitrogen and oxygen atoms in total. The molecule has 1 fully saturated rings. The van der Waals surface area contributed by atoms with Crippen LogP contribution in [0.5, 0.6) is 0 Å². The quantitative estimate of drug-likeness (QED) is 0.347. The Balaban J connectivity index is 1.71. The number of fused-ring (bicyclic) bond motifs is 3. The fraction of sp³-hybridized carbons (Fsp3) is 0.459. The average Bonchev–Trinajstić information content (AvgIpc) is 3.47. The van der Waals surface area contributed by atoms with Gasteiger partial charge in [-0.15, -0.1) is 0 Å². The van der Waals surface area contributed by atoms with Crippen LogP contribution in [0.25, 0.3) is 11.1 Å². The van der Waals surface area contributed by atoms with Gasteiger partial charge in [0.15, 0.2) is 0 Å². The van der Waals surface area contributed by atoms with E-state index in [1.165, 1.54) is 65.5 Å². The molecule has 1 unspecified atom stereocenters. The number of rotatable bonds is 9.